The van der Waals surface area contributed by atoms with Crippen molar-refractivity contribution in [3.8, 4) is 0 Å². The molecule has 33 heavy (non-hydrogen) atoms. The molecule has 0 spiro atoms. The molecule has 1 aliphatic rings. The molecule has 0 aliphatic carbocycles. The number of hydrogen-bond donors (Lipinski definition) is 0. The van der Waals surface area contributed by atoms with Crippen LogP contribution < -0.4 is 0 Å². The molecule has 7 nitrogen and oxygen atoms in total. The Bertz CT molecular complexity index is 700. The third-order valence-electron chi connectivity index (χ3n) is 5.46. The van der Waals surface area contributed by atoms with Crippen molar-refractivity contribution in [1.82, 2.24) is 9.80 Å². The first-order chi connectivity index (χ1) is 14.8. The molecule has 0 aromatic heterocycles. The summed E-state index contributed by atoms with van der Waals surface area (Å²) in [5, 5.41) is 0. The Morgan fingerprint density at radius 3 is 2.18 bits per heavy atom. The Hall–Kier alpha value is -1.50. The molecule has 0 aromatic carbocycles. The van der Waals surface area contributed by atoms with Crippen LogP contribution in [-0.2, 0) is 19.1 Å². The van der Waals surface area contributed by atoms with Gasteiger partial charge >= 0.3 is 12.1 Å². The lowest BCUT2D eigenvalue weighted by Gasteiger charge is -2.43. The molecule has 1 fully saturated rings. The lowest BCUT2D eigenvalue weighted by molar-refractivity contribution is -0.165. The van der Waals surface area contributed by atoms with E-state index in [0.717, 1.165) is 6.42 Å². The third-order valence-corrected chi connectivity index (χ3v) is 5.66. The molecule has 4 atom stereocenters. The van der Waals surface area contributed by atoms with Gasteiger partial charge in [-0.25, -0.2) is 13.6 Å². The quantitative estimate of drug-likeness (QED) is 0.379. The molecular weight excluding hydrogens is 453 g/mol. The second-order valence-corrected chi connectivity index (χ2v) is 11.9. The lowest BCUT2D eigenvalue weighted by Crippen LogP contribution is -2.53. The van der Waals surface area contributed by atoms with E-state index in [9.17, 15) is 23.2 Å². The number of esters is 1. The van der Waals surface area contributed by atoms with Crippen molar-refractivity contribution in [2.75, 3.05) is 20.1 Å². The topological polar surface area (TPSA) is 76.2 Å². The van der Waals surface area contributed by atoms with Gasteiger partial charge in [0.2, 0.25) is 5.91 Å². The zero-order valence-corrected chi connectivity index (χ0v) is 22.4. The standard InChI is InChI=1S/C23H41F2N2O5P/c1-15(31-19(29)21(2,3)4)17-10-9-16(14-27(17)18(28)13-23(24,25)33)11-12-26(8)20(30)32-22(5,6)7/h15-17H,9-14,33H2,1-8H3. The maximum absolute atomic E-state index is 13.6. The number of rotatable bonds is 7. The third kappa shape index (κ3) is 10.5. The van der Waals surface area contributed by atoms with E-state index in [0.29, 0.717) is 19.4 Å². The molecule has 0 saturated carbocycles. The van der Waals surface area contributed by atoms with E-state index in [2.05, 4.69) is 0 Å². The Morgan fingerprint density at radius 1 is 1.12 bits per heavy atom. The Labute approximate surface area is 199 Å². The SMILES string of the molecule is CC(OC(=O)C(C)(C)C)C1CCC(CCN(C)C(=O)OC(C)(C)C)CN1C(=O)CC(F)(F)P. The fourth-order valence-corrected chi connectivity index (χ4v) is 3.79. The van der Waals surface area contributed by atoms with Crippen LogP contribution >= 0.6 is 9.24 Å². The summed E-state index contributed by atoms with van der Waals surface area (Å²) in [6, 6.07) is -0.476. The van der Waals surface area contributed by atoms with Gasteiger partial charge in [0, 0.05) is 20.1 Å². The average molecular weight is 495 g/mol. The molecule has 0 bridgehead atoms. The highest BCUT2D eigenvalue weighted by Crippen LogP contribution is 2.33. The largest absolute Gasteiger partial charge is 0.460 e. The maximum Gasteiger partial charge on any atom is 0.410 e. The minimum absolute atomic E-state index is 0.0266. The van der Waals surface area contributed by atoms with Gasteiger partial charge in [0.25, 0.3) is 5.66 Å². The Balaban J connectivity index is 2.87. The number of alkyl halides is 2. The Kier molecular flexibility index (Phi) is 10.1. The number of hydrogen-bond acceptors (Lipinski definition) is 5. The van der Waals surface area contributed by atoms with Gasteiger partial charge in [-0.1, -0.05) is 9.24 Å². The Morgan fingerprint density at radius 2 is 1.70 bits per heavy atom. The molecular formula is C23H41F2N2O5P. The molecule has 1 aliphatic heterocycles. The van der Waals surface area contributed by atoms with Crippen molar-refractivity contribution in [3.63, 3.8) is 0 Å². The fourth-order valence-electron chi connectivity index (χ4n) is 3.61. The molecule has 192 valence electrons. The van der Waals surface area contributed by atoms with Crippen LogP contribution in [0.5, 0.6) is 0 Å². The lowest BCUT2D eigenvalue weighted by atomic mass is 9.87. The van der Waals surface area contributed by atoms with Gasteiger partial charge < -0.3 is 19.3 Å². The zero-order valence-electron chi connectivity index (χ0n) is 21.2. The van der Waals surface area contributed by atoms with Crippen LogP contribution in [0.4, 0.5) is 13.6 Å². The molecule has 1 heterocycles. The molecule has 0 aromatic rings. The van der Waals surface area contributed by atoms with Crippen LogP contribution in [0.25, 0.3) is 0 Å². The van der Waals surface area contributed by atoms with E-state index < -0.39 is 53.2 Å². The van der Waals surface area contributed by atoms with Crippen molar-refractivity contribution in [1.29, 1.82) is 0 Å². The van der Waals surface area contributed by atoms with Crippen LogP contribution in [0, 0.1) is 11.3 Å². The molecule has 2 amide bonds. The van der Waals surface area contributed by atoms with Gasteiger partial charge in [-0.05, 0) is 73.6 Å². The van der Waals surface area contributed by atoms with E-state index in [4.69, 9.17) is 9.47 Å². The highest BCUT2D eigenvalue weighted by molar-refractivity contribution is 7.18. The number of nitrogens with zero attached hydrogens (tertiary/aromatic N) is 2. The number of carbonyl (C=O) groups is 3. The number of halogens is 2. The molecule has 4 unspecified atom stereocenters. The second-order valence-electron chi connectivity index (χ2n) is 11.0. The number of piperidine rings is 1. The van der Waals surface area contributed by atoms with Gasteiger partial charge in [0.05, 0.1) is 17.9 Å². The monoisotopic (exact) mass is 494 g/mol. The molecule has 1 rings (SSSR count). The minimum atomic E-state index is -3.21. The van der Waals surface area contributed by atoms with Crippen LogP contribution in [0.3, 0.4) is 0 Å². The predicted octanol–water partition coefficient (Wildman–Crippen LogP) is 4.69. The summed E-state index contributed by atoms with van der Waals surface area (Å²) in [4.78, 5) is 40.2. The smallest absolute Gasteiger partial charge is 0.410 e. The second kappa shape index (κ2) is 11.3. The van der Waals surface area contributed by atoms with E-state index in [1.54, 1.807) is 55.5 Å². The summed E-state index contributed by atoms with van der Waals surface area (Å²) < 4.78 is 38.1. The first kappa shape index (κ1) is 29.5. The maximum atomic E-state index is 13.6. The van der Waals surface area contributed by atoms with Crippen molar-refractivity contribution in [2.45, 2.75) is 97.6 Å². The van der Waals surface area contributed by atoms with Crippen LogP contribution in [-0.4, -0.2) is 71.3 Å². The van der Waals surface area contributed by atoms with Crippen molar-refractivity contribution < 1.29 is 32.6 Å². The van der Waals surface area contributed by atoms with Crippen LogP contribution in [0.1, 0.15) is 74.1 Å². The average Bonchev–Trinajstić information content (AvgIpc) is 2.62. The van der Waals surface area contributed by atoms with Crippen molar-refractivity contribution >= 4 is 27.2 Å². The van der Waals surface area contributed by atoms with Gasteiger partial charge in [-0.3, -0.25) is 9.59 Å². The summed E-state index contributed by atoms with van der Waals surface area (Å²) in [7, 11) is 3.05. The van der Waals surface area contributed by atoms with Gasteiger partial charge in [-0.15, -0.1) is 0 Å². The fraction of sp³-hybridized carbons (Fsp3) is 0.870. The van der Waals surface area contributed by atoms with Crippen molar-refractivity contribution in [2.24, 2.45) is 11.3 Å². The summed E-state index contributed by atoms with van der Waals surface area (Å²) in [5.41, 5.74) is -4.52. The summed E-state index contributed by atoms with van der Waals surface area (Å²) in [5.74, 6) is -1.05. The van der Waals surface area contributed by atoms with E-state index in [1.165, 1.54) is 19.0 Å². The summed E-state index contributed by atoms with van der Waals surface area (Å²) in [6.07, 6.45) is -0.143. The van der Waals surface area contributed by atoms with Crippen LogP contribution in [0.15, 0.2) is 0 Å². The van der Waals surface area contributed by atoms with E-state index >= 15 is 0 Å². The zero-order chi connectivity index (χ0) is 25.8. The van der Waals surface area contributed by atoms with E-state index in [-0.39, 0.29) is 12.5 Å². The molecule has 0 radical (unpaired) electrons. The molecule has 0 N–H and O–H groups in total. The highest BCUT2D eigenvalue weighted by Gasteiger charge is 2.40. The predicted molar refractivity (Wildman–Crippen MR) is 126 cm³/mol. The normalized spacial score (nSPS) is 20.8. The van der Waals surface area contributed by atoms with Crippen molar-refractivity contribution in [3.05, 3.63) is 0 Å². The molecule has 1 saturated heterocycles. The van der Waals surface area contributed by atoms with Gasteiger partial charge in [-0.2, -0.15) is 0 Å². The highest BCUT2D eigenvalue weighted by atomic mass is 31.0. The number of carbonyl (C=O) groups excluding carboxylic acids is 3. The van der Waals surface area contributed by atoms with E-state index in [1.807, 2.05) is 0 Å². The van der Waals surface area contributed by atoms with Gasteiger partial charge in [0.15, 0.2) is 0 Å². The summed E-state index contributed by atoms with van der Waals surface area (Å²) >= 11 is 0. The number of ether oxygens (including phenoxy) is 2. The number of likely N-dealkylation sites (tertiary alicyclic amines) is 1. The minimum Gasteiger partial charge on any atom is -0.460 e. The number of amides is 2. The first-order valence-corrected chi connectivity index (χ1v) is 12.0. The summed E-state index contributed by atoms with van der Waals surface area (Å²) in [6.45, 7) is 13.0. The van der Waals surface area contributed by atoms with Crippen LogP contribution in [0.2, 0.25) is 0 Å². The van der Waals surface area contributed by atoms with Gasteiger partial charge in [0.1, 0.15) is 11.7 Å². The first-order valence-electron chi connectivity index (χ1n) is 11.4. The molecule has 10 heteroatoms.